The molecule has 0 aromatic rings. The maximum atomic E-state index is 13.5. The fourth-order valence-electron chi connectivity index (χ4n) is 3.25. The summed E-state index contributed by atoms with van der Waals surface area (Å²) in [7, 11) is -4.58. The Hall–Kier alpha value is -0.706. The van der Waals surface area contributed by atoms with Gasteiger partial charge in [0.25, 0.3) is 0 Å². The topological polar surface area (TPSA) is 71.1 Å². The first-order valence-electron chi connectivity index (χ1n) is 10.3. The molecule has 0 aliphatic rings. The molecule has 0 saturated heterocycles. The van der Waals surface area contributed by atoms with Gasteiger partial charge in [0, 0.05) is 0 Å². The van der Waals surface area contributed by atoms with Crippen molar-refractivity contribution in [3.63, 3.8) is 0 Å². The average molecular weight is 435 g/mol. The van der Waals surface area contributed by atoms with Crippen molar-refractivity contribution < 1.29 is 27.9 Å². The third-order valence-corrected chi connectivity index (χ3v) is 5.88. The van der Waals surface area contributed by atoms with Gasteiger partial charge in [-0.05, 0) is 79.8 Å². The van der Waals surface area contributed by atoms with E-state index in [4.69, 9.17) is 18.3 Å². The van der Waals surface area contributed by atoms with Crippen LogP contribution < -0.4 is 0 Å². The molecular formula is C20H42O6Si2. The van der Waals surface area contributed by atoms with Gasteiger partial charge >= 0.3 is 11.9 Å². The summed E-state index contributed by atoms with van der Waals surface area (Å²) in [6.07, 6.45) is -0.194. The van der Waals surface area contributed by atoms with Crippen LogP contribution in [0, 0.1) is 0 Å². The summed E-state index contributed by atoms with van der Waals surface area (Å²) in [6, 6.07) is 0. The zero-order chi connectivity index (χ0) is 22.6. The number of esters is 2. The van der Waals surface area contributed by atoms with E-state index in [0.29, 0.717) is 0 Å². The number of ether oxygens (including phenoxy) is 2. The molecule has 0 aromatic carbocycles. The Labute approximate surface area is 173 Å². The van der Waals surface area contributed by atoms with Crippen LogP contribution in [0.2, 0.25) is 39.3 Å². The van der Waals surface area contributed by atoms with E-state index >= 15 is 0 Å². The van der Waals surface area contributed by atoms with Crippen LogP contribution >= 0.6 is 0 Å². The van der Waals surface area contributed by atoms with Crippen LogP contribution in [0.5, 0.6) is 0 Å². The van der Waals surface area contributed by atoms with E-state index in [0.717, 1.165) is 0 Å². The van der Waals surface area contributed by atoms with Crippen LogP contribution in [-0.4, -0.2) is 52.0 Å². The highest BCUT2D eigenvalue weighted by Crippen LogP contribution is 2.43. The lowest BCUT2D eigenvalue weighted by atomic mass is 9.78. The maximum Gasteiger partial charge on any atom is 0.341 e. The summed E-state index contributed by atoms with van der Waals surface area (Å²) >= 11 is 0. The summed E-state index contributed by atoms with van der Waals surface area (Å²) in [4.78, 5) is 26.9. The van der Waals surface area contributed by atoms with Crippen LogP contribution in [0.1, 0.15) is 54.4 Å². The van der Waals surface area contributed by atoms with Crippen molar-refractivity contribution >= 4 is 28.6 Å². The Morgan fingerprint density at radius 2 is 0.929 bits per heavy atom. The van der Waals surface area contributed by atoms with E-state index in [9.17, 15) is 9.59 Å². The summed E-state index contributed by atoms with van der Waals surface area (Å²) in [6.45, 7) is 22.7. The van der Waals surface area contributed by atoms with E-state index in [1.165, 1.54) is 0 Å². The van der Waals surface area contributed by atoms with E-state index in [1.54, 1.807) is 27.7 Å². The van der Waals surface area contributed by atoms with Gasteiger partial charge in [0.1, 0.15) is 0 Å². The van der Waals surface area contributed by atoms with Gasteiger partial charge in [-0.2, -0.15) is 0 Å². The molecule has 0 bridgehead atoms. The zero-order valence-corrected chi connectivity index (χ0v) is 22.0. The number of rotatable bonds is 11. The lowest BCUT2D eigenvalue weighted by molar-refractivity contribution is -0.211. The molecule has 0 spiro atoms. The van der Waals surface area contributed by atoms with Gasteiger partial charge in [-0.15, -0.1) is 0 Å². The second-order valence-electron chi connectivity index (χ2n) is 9.70. The number of carbonyl (C=O) groups excluding carboxylic acids is 2. The average Bonchev–Trinajstić information content (AvgIpc) is 2.46. The highest BCUT2D eigenvalue weighted by atomic mass is 28.4. The minimum Gasteiger partial charge on any atom is -0.461 e. The molecule has 0 fully saturated rings. The van der Waals surface area contributed by atoms with Gasteiger partial charge in [0.2, 0.25) is 0 Å². The Morgan fingerprint density at radius 3 is 1.07 bits per heavy atom. The molecule has 2 atom stereocenters. The minimum atomic E-state index is -2.29. The second-order valence-corrected chi connectivity index (χ2v) is 18.6. The van der Waals surface area contributed by atoms with Crippen LogP contribution in [0.15, 0.2) is 0 Å². The highest BCUT2D eigenvalue weighted by Gasteiger charge is 2.65. The molecule has 0 N–H and O–H groups in total. The SMILES string of the molecule is CCC(O[Si](C)(C)C)(C(=O)OC(C)C)C(CC)(O[Si](C)(C)C)C(=O)OC(C)C. The molecule has 0 aliphatic heterocycles. The minimum absolute atomic E-state index is 0.244. The van der Waals surface area contributed by atoms with Crippen LogP contribution in [0.3, 0.4) is 0 Å². The van der Waals surface area contributed by atoms with Crippen LogP contribution in [0.25, 0.3) is 0 Å². The van der Waals surface area contributed by atoms with Gasteiger partial charge in [0.05, 0.1) is 12.2 Å². The first-order chi connectivity index (χ1) is 12.5. The molecule has 8 heteroatoms. The van der Waals surface area contributed by atoms with Gasteiger partial charge in [-0.1, -0.05) is 13.8 Å². The number of carbonyl (C=O) groups is 2. The van der Waals surface area contributed by atoms with Crippen molar-refractivity contribution in [2.75, 3.05) is 0 Å². The van der Waals surface area contributed by atoms with Crippen LogP contribution in [0.4, 0.5) is 0 Å². The van der Waals surface area contributed by atoms with E-state index < -0.39 is 39.8 Å². The molecule has 2 unspecified atom stereocenters. The van der Waals surface area contributed by atoms with Crippen molar-refractivity contribution in [1.29, 1.82) is 0 Å². The third-order valence-electron chi connectivity index (χ3n) is 3.95. The number of hydrogen-bond acceptors (Lipinski definition) is 6. The molecule has 0 heterocycles. The van der Waals surface area contributed by atoms with Crippen molar-refractivity contribution in [1.82, 2.24) is 0 Å². The normalized spacial score (nSPS) is 17.2. The smallest absolute Gasteiger partial charge is 0.341 e. The molecular weight excluding hydrogens is 392 g/mol. The maximum absolute atomic E-state index is 13.5. The van der Waals surface area contributed by atoms with Gasteiger partial charge in [-0.3, -0.25) is 0 Å². The molecule has 0 aliphatic carbocycles. The summed E-state index contributed by atoms with van der Waals surface area (Å²) in [5, 5.41) is 0. The predicted molar refractivity (Wildman–Crippen MR) is 117 cm³/mol. The highest BCUT2D eigenvalue weighted by molar-refractivity contribution is 6.70. The molecule has 0 rings (SSSR count). The lowest BCUT2D eigenvalue weighted by Gasteiger charge is -2.50. The van der Waals surface area contributed by atoms with E-state index in [2.05, 4.69) is 0 Å². The first-order valence-corrected chi connectivity index (χ1v) is 17.1. The monoisotopic (exact) mass is 434 g/mol. The Kier molecular flexibility index (Phi) is 9.62. The third kappa shape index (κ3) is 6.97. The number of hydrogen-bond donors (Lipinski definition) is 0. The van der Waals surface area contributed by atoms with E-state index in [1.807, 2.05) is 53.1 Å². The lowest BCUT2D eigenvalue weighted by Crippen LogP contribution is -2.71. The van der Waals surface area contributed by atoms with Gasteiger partial charge in [-0.25, -0.2) is 9.59 Å². The molecule has 0 amide bonds. The standard InChI is InChI=1S/C20H42O6Si2/c1-13-19(25-27(7,8)9,17(21)23-15(3)4)20(14-2,26-28(10,11)12)18(22)24-16(5)6/h15-16H,13-14H2,1-12H3. The van der Waals surface area contributed by atoms with Crippen LogP contribution in [-0.2, 0) is 27.9 Å². The fraction of sp³-hybridized carbons (Fsp3) is 0.900. The molecule has 0 saturated carbocycles. The first kappa shape index (κ1) is 27.3. The van der Waals surface area contributed by atoms with Crippen molar-refractivity contribution in [3.8, 4) is 0 Å². The summed E-state index contributed by atoms with van der Waals surface area (Å²) < 4.78 is 24.2. The molecule has 0 radical (unpaired) electrons. The molecule has 28 heavy (non-hydrogen) atoms. The Bertz CT molecular complexity index is 488. The Morgan fingerprint density at radius 1 is 0.679 bits per heavy atom. The second kappa shape index (κ2) is 9.87. The predicted octanol–water partition coefficient (Wildman–Crippen LogP) is 4.89. The molecule has 6 nitrogen and oxygen atoms in total. The van der Waals surface area contributed by atoms with Crippen molar-refractivity contribution in [3.05, 3.63) is 0 Å². The largest absolute Gasteiger partial charge is 0.461 e. The molecule has 0 aromatic heterocycles. The summed E-state index contributed by atoms with van der Waals surface area (Å²) in [5.74, 6) is -1.12. The quantitative estimate of drug-likeness (QED) is 0.340. The van der Waals surface area contributed by atoms with E-state index in [-0.39, 0.29) is 25.0 Å². The summed E-state index contributed by atoms with van der Waals surface area (Å²) in [5.41, 5.74) is -3.13. The Balaban J connectivity index is 6.87. The van der Waals surface area contributed by atoms with Crippen molar-refractivity contribution in [2.45, 2.75) is 117 Å². The zero-order valence-electron chi connectivity index (χ0n) is 20.0. The molecule has 166 valence electrons. The van der Waals surface area contributed by atoms with Gasteiger partial charge in [0.15, 0.2) is 27.8 Å². The van der Waals surface area contributed by atoms with Gasteiger partial charge < -0.3 is 18.3 Å². The van der Waals surface area contributed by atoms with Crippen molar-refractivity contribution in [2.24, 2.45) is 0 Å². The fourth-order valence-corrected chi connectivity index (χ4v) is 6.12.